The van der Waals surface area contributed by atoms with Crippen LogP contribution in [0.3, 0.4) is 0 Å². The van der Waals surface area contributed by atoms with E-state index in [9.17, 15) is 0 Å². The second-order valence-corrected chi connectivity index (χ2v) is 8.43. The Morgan fingerprint density at radius 2 is 2.00 bits per heavy atom. The minimum absolute atomic E-state index is 0.0545. The number of pyridine rings is 2. The van der Waals surface area contributed by atoms with Crippen LogP contribution in [0.4, 0.5) is 0 Å². The molecular formula is C25H29N2+. The van der Waals surface area contributed by atoms with Gasteiger partial charge in [0.1, 0.15) is 7.05 Å². The number of nitrogens with zero attached hydrogens (tertiary/aromatic N) is 2. The topological polar surface area (TPSA) is 16.8 Å². The van der Waals surface area contributed by atoms with Crippen LogP contribution < -0.4 is 4.57 Å². The minimum atomic E-state index is -2.42. The third-order valence-electron chi connectivity index (χ3n) is 5.09. The second kappa shape index (κ2) is 6.30. The van der Waals surface area contributed by atoms with Crippen LogP contribution in [0.15, 0.2) is 42.7 Å². The zero-order chi connectivity index (χ0) is 23.6. The molecule has 3 aromatic rings. The molecule has 2 aromatic heterocycles. The van der Waals surface area contributed by atoms with Gasteiger partial charge in [0.2, 0.25) is 5.69 Å². The van der Waals surface area contributed by atoms with Crippen molar-refractivity contribution in [3.63, 3.8) is 0 Å². The van der Waals surface area contributed by atoms with Gasteiger partial charge in [-0.3, -0.25) is 4.98 Å². The van der Waals surface area contributed by atoms with E-state index in [2.05, 4.69) is 23.2 Å². The van der Waals surface area contributed by atoms with Crippen molar-refractivity contribution >= 4 is 0 Å². The lowest BCUT2D eigenvalue weighted by Crippen LogP contribution is -2.32. The van der Waals surface area contributed by atoms with E-state index in [0.717, 1.165) is 39.2 Å². The molecule has 0 spiro atoms. The SMILES string of the molecule is [2H]C([2H])([2H])c1c[n+](C)c(-c2c(C)ccc3c2Cc2ncccc2-3)cc1C([2H])([2H])C(C)(C)C. The summed E-state index contributed by atoms with van der Waals surface area (Å²) in [7, 11) is 1.83. The highest BCUT2D eigenvalue weighted by molar-refractivity contribution is 5.84. The van der Waals surface area contributed by atoms with Crippen LogP contribution in [-0.2, 0) is 19.8 Å². The van der Waals surface area contributed by atoms with E-state index in [1.54, 1.807) is 39.2 Å². The Bertz CT molecular complexity index is 1220. The number of aromatic nitrogens is 2. The van der Waals surface area contributed by atoms with Crippen molar-refractivity contribution in [2.24, 2.45) is 12.5 Å². The summed E-state index contributed by atoms with van der Waals surface area (Å²) < 4.78 is 43.8. The predicted octanol–water partition coefficient (Wildman–Crippen LogP) is 5.35. The van der Waals surface area contributed by atoms with Gasteiger partial charge in [-0.25, -0.2) is 4.57 Å². The Morgan fingerprint density at radius 3 is 2.74 bits per heavy atom. The molecular weight excluding hydrogens is 328 g/mol. The first-order valence-corrected chi connectivity index (χ1v) is 9.35. The smallest absolute Gasteiger partial charge is 0.213 e. The number of benzene rings is 1. The van der Waals surface area contributed by atoms with Crippen molar-refractivity contribution in [3.8, 4) is 22.4 Å². The maximum absolute atomic E-state index is 8.88. The summed E-state index contributed by atoms with van der Waals surface area (Å²) in [5.74, 6) is 0. The maximum Gasteiger partial charge on any atom is 0.213 e. The second-order valence-electron chi connectivity index (χ2n) is 8.43. The summed E-state index contributed by atoms with van der Waals surface area (Å²) in [6.45, 7) is 5.03. The van der Waals surface area contributed by atoms with Gasteiger partial charge in [0, 0.05) is 36.7 Å². The predicted molar refractivity (Wildman–Crippen MR) is 112 cm³/mol. The molecule has 4 rings (SSSR count). The summed E-state index contributed by atoms with van der Waals surface area (Å²) in [5.41, 5.74) is 6.83. The lowest BCUT2D eigenvalue weighted by atomic mass is 9.85. The summed E-state index contributed by atoms with van der Waals surface area (Å²) >= 11 is 0. The molecule has 0 saturated heterocycles. The van der Waals surface area contributed by atoms with Gasteiger partial charge in [-0.15, -0.1) is 0 Å². The van der Waals surface area contributed by atoms with E-state index in [0.29, 0.717) is 6.42 Å². The lowest BCUT2D eigenvalue weighted by Gasteiger charge is -2.20. The van der Waals surface area contributed by atoms with E-state index >= 15 is 0 Å². The molecule has 0 N–H and O–H groups in total. The van der Waals surface area contributed by atoms with Crippen molar-refractivity contribution in [1.29, 1.82) is 0 Å². The van der Waals surface area contributed by atoms with Crippen LogP contribution in [0.25, 0.3) is 22.4 Å². The molecule has 138 valence electrons. The van der Waals surface area contributed by atoms with Gasteiger partial charge >= 0.3 is 0 Å². The Labute approximate surface area is 169 Å². The summed E-state index contributed by atoms with van der Waals surface area (Å²) in [4.78, 5) is 4.56. The Kier molecular flexibility index (Phi) is 2.99. The molecule has 0 aliphatic heterocycles. The minimum Gasteiger partial charge on any atom is -0.260 e. The number of rotatable bonds is 2. The first kappa shape index (κ1) is 12.8. The molecule has 0 saturated carbocycles. The molecule has 0 fully saturated rings. The van der Waals surface area contributed by atoms with Gasteiger partial charge in [-0.05, 0) is 53.9 Å². The van der Waals surface area contributed by atoms with Gasteiger partial charge in [-0.1, -0.05) is 39.0 Å². The molecule has 2 heterocycles. The lowest BCUT2D eigenvalue weighted by molar-refractivity contribution is -0.660. The van der Waals surface area contributed by atoms with Gasteiger partial charge in [0.25, 0.3) is 0 Å². The van der Waals surface area contributed by atoms with Crippen LogP contribution in [0.5, 0.6) is 0 Å². The van der Waals surface area contributed by atoms with Crippen LogP contribution in [0.2, 0.25) is 0 Å². The Balaban J connectivity index is 2.03. The monoisotopic (exact) mass is 362 g/mol. The van der Waals surface area contributed by atoms with Crippen LogP contribution in [0.1, 0.15) is 55.6 Å². The molecule has 2 heteroatoms. The largest absolute Gasteiger partial charge is 0.260 e. The molecule has 1 aliphatic rings. The number of hydrogen-bond acceptors (Lipinski definition) is 1. The van der Waals surface area contributed by atoms with Crippen molar-refractivity contribution in [2.75, 3.05) is 0 Å². The first-order chi connectivity index (χ1) is 14.7. The highest BCUT2D eigenvalue weighted by Gasteiger charge is 2.28. The van der Waals surface area contributed by atoms with Crippen LogP contribution in [-0.4, -0.2) is 4.98 Å². The van der Waals surface area contributed by atoms with Gasteiger partial charge in [0.15, 0.2) is 6.20 Å². The average Bonchev–Trinajstić information content (AvgIpc) is 3.05. The highest BCUT2D eigenvalue weighted by Crippen LogP contribution is 2.41. The third-order valence-corrected chi connectivity index (χ3v) is 5.09. The Hall–Kier alpha value is -2.48. The average molecular weight is 363 g/mol. The van der Waals surface area contributed by atoms with Crippen LogP contribution >= 0.6 is 0 Å². The van der Waals surface area contributed by atoms with Crippen LogP contribution in [0, 0.1) is 19.2 Å². The van der Waals surface area contributed by atoms with E-state index in [1.165, 1.54) is 0 Å². The third kappa shape index (κ3) is 3.18. The van der Waals surface area contributed by atoms with E-state index in [-0.39, 0.29) is 11.1 Å². The van der Waals surface area contributed by atoms with E-state index in [4.69, 9.17) is 6.85 Å². The molecule has 0 bridgehead atoms. The zero-order valence-corrected chi connectivity index (χ0v) is 16.6. The van der Waals surface area contributed by atoms with Gasteiger partial charge in [-0.2, -0.15) is 0 Å². The molecule has 2 nitrogen and oxygen atoms in total. The molecule has 1 aromatic carbocycles. The molecule has 0 radical (unpaired) electrons. The molecule has 0 atom stereocenters. The van der Waals surface area contributed by atoms with E-state index < -0.39 is 18.6 Å². The molecule has 0 amide bonds. The molecule has 27 heavy (non-hydrogen) atoms. The molecule has 1 aliphatic carbocycles. The van der Waals surface area contributed by atoms with E-state index in [1.807, 2.05) is 24.6 Å². The quantitative estimate of drug-likeness (QED) is 0.439. The summed E-state index contributed by atoms with van der Waals surface area (Å²) in [5, 5.41) is 0. The Morgan fingerprint density at radius 1 is 1.19 bits per heavy atom. The van der Waals surface area contributed by atoms with Crippen molar-refractivity contribution in [2.45, 2.75) is 47.3 Å². The highest BCUT2D eigenvalue weighted by atomic mass is 14.9. The van der Waals surface area contributed by atoms with Gasteiger partial charge < -0.3 is 0 Å². The zero-order valence-electron chi connectivity index (χ0n) is 21.6. The standard InChI is InChI=1S/C25H29N2/c1-16-9-10-19-20-8-7-11-26-22(20)13-21(19)24(16)23-12-18(14-25(3,4)5)17(2)15-27(23)6/h7-12,15H,13-14H2,1-6H3/q+1/i2D3,14D2. The van der Waals surface area contributed by atoms with Crippen molar-refractivity contribution in [1.82, 2.24) is 4.98 Å². The number of hydrogen-bond donors (Lipinski definition) is 0. The summed E-state index contributed by atoms with van der Waals surface area (Å²) in [6.07, 6.45) is 2.25. The number of aryl methyl sites for hydroxylation is 3. The first-order valence-electron chi connectivity index (χ1n) is 11.8. The molecule has 0 unspecified atom stereocenters. The fourth-order valence-corrected chi connectivity index (χ4v) is 3.95. The van der Waals surface area contributed by atoms with Crippen molar-refractivity contribution < 1.29 is 11.4 Å². The van der Waals surface area contributed by atoms with Gasteiger partial charge in [0.05, 0.1) is 11.3 Å². The maximum atomic E-state index is 8.88. The normalized spacial score (nSPS) is 16.6. The fourth-order valence-electron chi connectivity index (χ4n) is 3.95. The summed E-state index contributed by atoms with van der Waals surface area (Å²) in [6, 6.07) is 9.97. The van der Waals surface area contributed by atoms with Crippen molar-refractivity contribution in [3.05, 3.63) is 70.7 Å². The number of fused-ring (bicyclic) bond motifs is 3. The fraction of sp³-hybridized carbons (Fsp3) is 0.360.